The maximum Gasteiger partial charge on any atom is 0.126 e. The first kappa shape index (κ1) is 14.4. The van der Waals surface area contributed by atoms with Crippen LogP contribution < -0.4 is 5.32 Å². The first-order chi connectivity index (χ1) is 9.01. The lowest BCUT2D eigenvalue weighted by Crippen LogP contribution is -2.31. The van der Waals surface area contributed by atoms with Crippen molar-refractivity contribution < 1.29 is 8.78 Å². The smallest absolute Gasteiger partial charge is 0.126 e. The summed E-state index contributed by atoms with van der Waals surface area (Å²) in [5.74, 6) is 0.892. The van der Waals surface area contributed by atoms with E-state index in [1.165, 1.54) is 18.6 Å². The van der Waals surface area contributed by atoms with Crippen molar-refractivity contribution in [1.82, 2.24) is 5.32 Å². The molecular formula is C16H23F2N. The van der Waals surface area contributed by atoms with Crippen LogP contribution in [0.2, 0.25) is 0 Å². The molecule has 1 aliphatic carbocycles. The molecule has 2 rings (SSSR count). The van der Waals surface area contributed by atoms with Gasteiger partial charge >= 0.3 is 0 Å². The van der Waals surface area contributed by atoms with Gasteiger partial charge < -0.3 is 5.32 Å². The molecule has 0 saturated heterocycles. The molecule has 19 heavy (non-hydrogen) atoms. The second-order valence-corrected chi connectivity index (χ2v) is 6.00. The zero-order valence-electron chi connectivity index (χ0n) is 11.9. The van der Waals surface area contributed by atoms with Crippen LogP contribution in [0, 0.1) is 29.4 Å². The first-order valence-electron chi connectivity index (χ1n) is 7.14. The maximum atomic E-state index is 13.4. The van der Waals surface area contributed by atoms with E-state index in [-0.39, 0.29) is 6.04 Å². The van der Waals surface area contributed by atoms with E-state index in [0.29, 0.717) is 11.8 Å². The highest BCUT2D eigenvalue weighted by molar-refractivity contribution is 5.22. The molecule has 1 nitrogen and oxygen atoms in total. The van der Waals surface area contributed by atoms with Gasteiger partial charge in [0.25, 0.3) is 0 Å². The van der Waals surface area contributed by atoms with Crippen LogP contribution in [0.3, 0.4) is 0 Å². The van der Waals surface area contributed by atoms with Crippen molar-refractivity contribution in [1.29, 1.82) is 0 Å². The fourth-order valence-corrected chi connectivity index (χ4v) is 3.32. The Morgan fingerprint density at radius 3 is 2.21 bits per heavy atom. The average molecular weight is 267 g/mol. The second kappa shape index (κ2) is 6.00. The third kappa shape index (κ3) is 3.33. The molecule has 1 fully saturated rings. The van der Waals surface area contributed by atoms with Crippen LogP contribution in [0.5, 0.6) is 0 Å². The van der Waals surface area contributed by atoms with Gasteiger partial charge in [-0.15, -0.1) is 0 Å². The lowest BCUT2D eigenvalue weighted by atomic mass is 9.72. The van der Waals surface area contributed by atoms with Crippen LogP contribution in [0.4, 0.5) is 8.78 Å². The highest BCUT2D eigenvalue weighted by Gasteiger charge is 2.30. The first-order valence-corrected chi connectivity index (χ1v) is 7.14. The van der Waals surface area contributed by atoms with Gasteiger partial charge in [0.2, 0.25) is 0 Å². The molecule has 0 spiro atoms. The monoisotopic (exact) mass is 267 g/mol. The summed E-state index contributed by atoms with van der Waals surface area (Å²) in [5.41, 5.74) is 0.728. The summed E-state index contributed by atoms with van der Waals surface area (Å²) in [4.78, 5) is 0. The normalized spacial score (nSPS) is 29.2. The van der Waals surface area contributed by atoms with Crippen molar-refractivity contribution in [2.24, 2.45) is 17.8 Å². The van der Waals surface area contributed by atoms with Crippen molar-refractivity contribution >= 4 is 0 Å². The van der Waals surface area contributed by atoms with E-state index >= 15 is 0 Å². The fraction of sp³-hybridized carbons (Fsp3) is 0.625. The molecule has 0 aliphatic heterocycles. The van der Waals surface area contributed by atoms with Gasteiger partial charge in [0, 0.05) is 12.1 Å². The minimum Gasteiger partial charge on any atom is -0.313 e. The highest BCUT2D eigenvalue weighted by Crippen LogP contribution is 2.39. The van der Waals surface area contributed by atoms with E-state index in [9.17, 15) is 8.78 Å². The van der Waals surface area contributed by atoms with Crippen molar-refractivity contribution in [3.8, 4) is 0 Å². The van der Waals surface area contributed by atoms with Crippen LogP contribution in [-0.2, 0) is 0 Å². The van der Waals surface area contributed by atoms with Crippen molar-refractivity contribution in [3.63, 3.8) is 0 Å². The van der Waals surface area contributed by atoms with E-state index < -0.39 is 11.6 Å². The lowest BCUT2D eigenvalue weighted by Gasteiger charge is -2.37. The Kier molecular flexibility index (Phi) is 4.56. The molecule has 0 radical (unpaired) electrons. The molecule has 1 N–H and O–H groups in total. The second-order valence-electron chi connectivity index (χ2n) is 6.00. The van der Waals surface area contributed by atoms with Crippen molar-refractivity contribution in [3.05, 3.63) is 35.4 Å². The molecule has 1 saturated carbocycles. The van der Waals surface area contributed by atoms with Crippen LogP contribution in [-0.4, -0.2) is 7.05 Å². The molecule has 0 bridgehead atoms. The van der Waals surface area contributed by atoms with E-state index in [4.69, 9.17) is 0 Å². The Morgan fingerprint density at radius 1 is 1.05 bits per heavy atom. The number of halogens is 2. The standard InChI is InChI=1S/C16H23F2N/c1-10-4-5-12(6-11(10)2)16(19-3)13-7-14(17)9-15(18)8-13/h7-12,16,19H,4-6H2,1-3H3. The van der Waals surface area contributed by atoms with E-state index in [0.717, 1.165) is 30.4 Å². The van der Waals surface area contributed by atoms with Crippen LogP contribution in [0.15, 0.2) is 18.2 Å². The summed E-state index contributed by atoms with van der Waals surface area (Å²) >= 11 is 0. The summed E-state index contributed by atoms with van der Waals surface area (Å²) in [6, 6.07) is 3.88. The molecule has 1 aromatic carbocycles. The quantitative estimate of drug-likeness (QED) is 0.861. The summed E-state index contributed by atoms with van der Waals surface area (Å²) in [7, 11) is 1.87. The molecule has 0 amide bonds. The minimum atomic E-state index is -0.493. The zero-order valence-corrected chi connectivity index (χ0v) is 11.9. The zero-order chi connectivity index (χ0) is 14.0. The number of nitrogens with one attached hydrogen (secondary N) is 1. The van der Waals surface area contributed by atoms with E-state index in [2.05, 4.69) is 19.2 Å². The van der Waals surface area contributed by atoms with Gasteiger partial charge in [-0.25, -0.2) is 8.78 Å². The van der Waals surface area contributed by atoms with Crippen LogP contribution in [0.1, 0.15) is 44.7 Å². The highest BCUT2D eigenvalue weighted by atomic mass is 19.1. The van der Waals surface area contributed by atoms with Gasteiger partial charge in [0.15, 0.2) is 0 Å². The van der Waals surface area contributed by atoms with Crippen LogP contribution >= 0.6 is 0 Å². The predicted molar refractivity (Wildman–Crippen MR) is 73.8 cm³/mol. The minimum absolute atomic E-state index is 0.0418. The third-order valence-electron chi connectivity index (χ3n) is 4.67. The molecule has 0 heterocycles. The van der Waals surface area contributed by atoms with Crippen molar-refractivity contribution in [2.45, 2.75) is 39.2 Å². The molecule has 1 aromatic rings. The Balaban J connectivity index is 2.19. The molecule has 3 heteroatoms. The fourth-order valence-electron chi connectivity index (χ4n) is 3.32. The van der Waals surface area contributed by atoms with Crippen molar-refractivity contribution in [2.75, 3.05) is 7.05 Å². The van der Waals surface area contributed by atoms with E-state index in [1.54, 1.807) is 0 Å². The Hall–Kier alpha value is -0.960. The predicted octanol–water partition coefficient (Wildman–Crippen LogP) is 4.30. The summed E-state index contributed by atoms with van der Waals surface area (Å²) in [6.07, 6.45) is 3.43. The topological polar surface area (TPSA) is 12.0 Å². The maximum absolute atomic E-state index is 13.4. The summed E-state index contributed by atoms with van der Waals surface area (Å²) in [6.45, 7) is 4.56. The summed E-state index contributed by atoms with van der Waals surface area (Å²) < 4.78 is 26.7. The molecule has 1 aliphatic rings. The Labute approximate surface area is 114 Å². The molecular weight excluding hydrogens is 244 g/mol. The number of benzene rings is 1. The van der Waals surface area contributed by atoms with Gasteiger partial charge in [0.05, 0.1) is 0 Å². The molecule has 0 aromatic heterocycles. The largest absolute Gasteiger partial charge is 0.313 e. The Bertz CT molecular complexity index is 413. The van der Waals surface area contributed by atoms with Gasteiger partial charge in [-0.05, 0) is 55.3 Å². The summed E-state index contributed by atoms with van der Waals surface area (Å²) in [5, 5.41) is 3.24. The number of rotatable bonds is 3. The third-order valence-corrected chi connectivity index (χ3v) is 4.67. The van der Waals surface area contributed by atoms with Gasteiger partial charge in [-0.1, -0.05) is 20.3 Å². The molecule has 4 atom stereocenters. The molecule has 106 valence electrons. The number of hydrogen-bond donors (Lipinski definition) is 1. The van der Waals surface area contributed by atoms with Crippen LogP contribution in [0.25, 0.3) is 0 Å². The Morgan fingerprint density at radius 2 is 1.68 bits per heavy atom. The SMILES string of the molecule is CNC(c1cc(F)cc(F)c1)C1CCC(C)C(C)C1. The van der Waals surface area contributed by atoms with Gasteiger partial charge in [-0.2, -0.15) is 0 Å². The number of hydrogen-bond acceptors (Lipinski definition) is 1. The van der Waals surface area contributed by atoms with E-state index in [1.807, 2.05) is 7.05 Å². The lowest BCUT2D eigenvalue weighted by molar-refractivity contribution is 0.174. The van der Waals surface area contributed by atoms with Gasteiger partial charge in [0.1, 0.15) is 11.6 Å². The van der Waals surface area contributed by atoms with Gasteiger partial charge in [-0.3, -0.25) is 0 Å². The average Bonchev–Trinajstić information content (AvgIpc) is 2.33. The molecule has 4 unspecified atom stereocenters.